The normalized spacial score (nSPS) is 14.7. The highest BCUT2D eigenvalue weighted by Crippen LogP contribution is 2.39. The third-order valence-electron chi connectivity index (χ3n) is 5.10. The van der Waals surface area contributed by atoms with Gasteiger partial charge in [-0.1, -0.05) is 29.8 Å². The molecule has 0 aliphatic heterocycles. The van der Waals surface area contributed by atoms with Crippen LogP contribution in [0.5, 0.6) is 0 Å². The number of aliphatic imine (C=N–C) groups is 1. The Morgan fingerprint density at radius 3 is 2.22 bits per heavy atom. The van der Waals surface area contributed by atoms with Gasteiger partial charge in [-0.25, -0.2) is 13.8 Å². The number of alkyl halides is 6. The number of hydrogen-bond acceptors (Lipinski definition) is 2. The number of nitrogens with zero attached hydrogens (tertiary/aromatic N) is 1. The van der Waals surface area contributed by atoms with Crippen molar-refractivity contribution in [2.45, 2.75) is 31.2 Å². The fourth-order valence-electron chi connectivity index (χ4n) is 3.46. The summed E-state index contributed by atoms with van der Waals surface area (Å²) in [7, 11) is 0. The summed E-state index contributed by atoms with van der Waals surface area (Å²) in [6.45, 7) is 5.12. The van der Waals surface area contributed by atoms with Gasteiger partial charge in [-0.15, -0.1) is 6.58 Å². The van der Waals surface area contributed by atoms with Crippen LogP contribution < -0.4 is 5.32 Å². The van der Waals surface area contributed by atoms with Gasteiger partial charge >= 0.3 is 12.4 Å². The molecule has 37 heavy (non-hydrogen) atoms. The smallest absolute Gasteiger partial charge is 0.337 e. The summed E-state index contributed by atoms with van der Waals surface area (Å²) in [5.41, 5.74) is -5.82. The van der Waals surface area contributed by atoms with Gasteiger partial charge in [0.2, 0.25) is 0 Å². The Hall–Kier alpha value is -3.47. The van der Waals surface area contributed by atoms with Crippen LogP contribution in [0.1, 0.15) is 40.4 Å². The largest absolute Gasteiger partial charge is 0.419 e. The predicted octanol–water partition coefficient (Wildman–Crippen LogP) is 7.93. The van der Waals surface area contributed by atoms with E-state index < -0.39 is 64.1 Å². The highest BCUT2D eigenvalue weighted by molar-refractivity contribution is 6.56. The van der Waals surface area contributed by atoms with Crippen LogP contribution in [0.2, 0.25) is 0 Å². The van der Waals surface area contributed by atoms with Crippen molar-refractivity contribution in [3.63, 3.8) is 0 Å². The molecule has 0 radical (unpaired) electrons. The fourth-order valence-corrected chi connectivity index (χ4v) is 3.56. The highest BCUT2D eigenvalue weighted by Gasteiger charge is 2.41. The average molecular weight is 551 g/mol. The number of carbonyl (C=O) groups is 1. The second kappa shape index (κ2) is 11.7. The van der Waals surface area contributed by atoms with Crippen molar-refractivity contribution in [2.75, 3.05) is 0 Å². The summed E-state index contributed by atoms with van der Waals surface area (Å²) in [4.78, 5) is 17.1. The van der Waals surface area contributed by atoms with Crippen LogP contribution in [0.3, 0.4) is 0 Å². The number of nitrogens with one attached hydrogen (secondary N) is 1. The van der Waals surface area contributed by atoms with Gasteiger partial charge < -0.3 is 5.32 Å². The van der Waals surface area contributed by atoms with Crippen LogP contribution in [0.4, 0.5) is 35.1 Å². The lowest BCUT2D eigenvalue weighted by molar-refractivity contribution is -0.140. The number of benzene rings is 2. The van der Waals surface area contributed by atoms with Gasteiger partial charge in [0.15, 0.2) is 0 Å². The van der Waals surface area contributed by atoms with E-state index in [1.54, 1.807) is 6.92 Å². The monoisotopic (exact) mass is 550 g/mol. The molecule has 12 heteroatoms. The summed E-state index contributed by atoms with van der Waals surface area (Å²) < 4.78 is 108. The van der Waals surface area contributed by atoms with Crippen LogP contribution in [0.15, 0.2) is 78.0 Å². The molecule has 3 nitrogen and oxygen atoms in total. The van der Waals surface area contributed by atoms with Gasteiger partial charge in [-0.3, -0.25) is 4.79 Å². The van der Waals surface area contributed by atoms with Crippen LogP contribution in [-0.4, -0.2) is 11.6 Å². The average Bonchev–Trinajstić information content (AvgIpc) is 2.80. The molecular weight excluding hydrogens is 532 g/mol. The zero-order chi connectivity index (χ0) is 28.0. The maximum Gasteiger partial charge on any atom is 0.419 e. The molecule has 1 amide bonds. The summed E-state index contributed by atoms with van der Waals surface area (Å²) in [6, 6.07) is 2.93. The molecule has 0 aliphatic rings. The molecule has 0 bridgehead atoms. The van der Waals surface area contributed by atoms with Crippen LogP contribution in [0, 0.1) is 11.6 Å². The van der Waals surface area contributed by atoms with Crippen molar-refractivity contribution in [3.8, 4) is 0 Å². The zero-order valence-electron chi connectivity index (χ0n) is 19.0. The Morgan fingerprint density at radius 2 is 1.68 bits per heavy atom. The molecule has 2 rings (SSSR count). The molecule has 2 aromatic rings. The van der Waals surface area contributed by atoms with E-state index in [0.29, 0.717) is 18.2 Å². The molecule has 0 fully saturated rings. The van der Waals surface area contributed by atoms with Crippen molar-refractivity contribution in [1.82, 2.24) is 5.32 Å². The van der Waals surface area contributed by atoms with E-state index >= 15 is 0 Å². The second-order valence-electron chi connectivity index (χ2n) is 7.58. The Kier molecular flexibility index (Phi) is 9.43. The molecule has 1 N–H and O–H groups in total. The van der Waals surface area contributed by atoms with Gasteiger partial charge in [0, 0.05) is 5.56 Å². The lowest BCUT2D eigenvalue weighted by Crippen LogP contribution is -2.47. The minimum Gasteiger partial charge on any atom is -0.337 e. The molecule has 0 saturated heterocycles. The molecule has 198 valence electrons. The van der Waals surface area contributed by atoms with Crippen LogP contribution in [-0.2, 0) is 17.9 Å². The second-order valence-corrected chi connectivity index (χ2v) is 7.77. The number of halogens is 9. The first-order chi connectivity index (χ1) is 17.2. The summed E-state index contributed by atoms with van der Waals surface area (Å²) >= 11 is 5.63. The molecular formula is C25H19ClF8N2O. The third-order valence-corrected chi connectivity index (χ3v) is 5.20. The SMILES string of the molecule is C=CC[C@@](NC(=O)c1ccc(F)c(C(F)(F)F)c1)(/C(=C/C=C/C)N=CCl)c1cc(F)cc(C(F)(F)F)c1. The quantitative estimate of drug-likeness (QED) is 0.154. The lowest BCUT2D eigenvalue weighted by atomic mass is 9.81. The van der Waals surface area contributed by atoms with Crippen molar-refractivity contribution in [2.24, 2.45) is 4.99 Å². The minimum atomic E-state index is -5.14. The van der Waals surface area contributed by atoms with Gasteiger partial charge in [-0.05, 0) is 61.4 Å². The van der Waals surface area contributed by atoms with Gasteiger partial charge in [0.25, 0.3) is 5.91 Å². The number of amides is 1. The van der Waals surface area contributed by atoms with Gasteiger partial charge in [0.05, 0.1) is 22.5 Å². The number of allylic oxidation sites excluding steroid dienone is 3. The zero-order valence-corrected chi connectivity index (χ0v) is 19.8. The fraction of sp³-hybridized carbons (Fsp3) is 0.200. The number of carbonyl (C=O) groups excluding carboxylic acids is 1. The third kappa shape index (κ3) is 7.06. The Morgan fingerprint density at radius 1 is 1.03 bits per heavy atom. The number of hydrogen-bond donors (Lipinski definition) is 1. The van der Waals surface area contributed by atoms with E-state index in [1.807, 2.05) is 0 Å². The van der Waals surface area contributed by atoms with E-state index in [9.17, 15) is 39.9 Å². The molecule has 0 aromatic heterocycles. The van der Waals surface area contributed by atoms with Crippen molar-refractivity contribution < 1.29 is 39.9 Å². The standard InChI is InChI=1S/C25H19ClF8N2O/c1-3-5-6-21(35-14-26)23(9-4-2,16-11-17(24(29,30)31)13-18(27)12-16)36-22(37)15-7-8-20(28)19(10-15)25(32,33)34/h3-8,10-14H,2,9H2,1H3,(H,36,37)/b5-3+,21-6-,35-14?/t23-/m0/s1. The minimum absolute atomic E-state index is 0.203. The van der Waals surface area contributed by atoms with Crippen molar-refractivity contribution in [1.29, 1.82) is 0 Å². The number of rotatable bonds is 8. The summed E-state index contributed by atoms with van der Waals surface area (Å²) in [5.74, 6) is -4.20. The maximum atomic E-state index is 14.4. The maximum absolute atomic E-state index is 14.4. The van der Waals surface area contributed by atoms with E-state index in [1.165, 1.54) is 24.3 Å². The van der Waals surface area contributed by atoms with Crippen molar-refractivity contribution in [3.05, 3.63) is 107 Å². The lowest BCUT2D eigenvalue weighted by Gasteiger charge is -2.35. The molecule has 2 aromatic carbocycles. The Bertz CT molecular complexity index is 1250. The van der Waals surface area contributed by atoms with Gasteiger partial charge in [-0.2, -0.15) is 26.3 Å². The Balaban J connectivity index is 2.87. The molecule has 0 unspecified atom stereocenters. The first-order valence-corrected chi connectivity index (χ1v) is 10.8. The highest BCUT2D eigenvalue weighted by atomic mass is 35.5. The first kappa shape index (κ1) is 29.8. The van der Waals surface area contributed by atoms with E-state index in [2.05, 4.69) is 16.9 Å². The van der Waals surface area contributed by atoms with E-state index in [4.69, 9.17) is 11.6 Å². The van der Waals surface area contributed by atoms with E-state index in [-0.39, 0.29) is 17.8 Å². The van der Waals surface area contributed by atoms with Gasteiger partial charge in [0.1, 0.15) is 17.2 Å². The molecule has 0 spiro atoms. The Labute approximate surface area is 211 Å². The predicted molar refractivity (Wildman–Crippen MR) is 124 cm³/mol. The van der Waals surface area contributed by atoms with Crippen molar-refractivity contribution >= 4 is 23.2 Å². The molecule has 0 saturated carbocycles. The summed E-state index contributed by atoms with van der Waals surface area (Å²) in [6.07, 6.45) is -5.18. The molecule has 0 aliphatic carbocycles. The van der Waals surface area contributed by atoms with Crippen LogP contribution >= 0.6 is 11.6 Å². The summed E-state index contributed by atoms with van der Waals surface area (Å²) in [5, 5.41) is 2.35. The first-order valence-electron chi connectivity index (χ1n) is 10.3. The van der Waals surface area contributed by atoms with Crippen LogP contribution in [0.25, 0.3) is 0 Å². The topological polar surface area (TPSA) is 41.5 Å². The molecule has 0 heterocycles. The molecule has 1 atom stereocenters. The van der Waals surface area contributed by atoms with E-state index in [0.717, 1.165) is 11.7 Å².